The van der Waals surface area contributed by atoms with Gasteiger partial charge in [0.25, 0.3) is 0 Å². The average molecular weight is 304 g/mol. The van der Waals surface area contributed by atoms with Gasteiger partial charge in [-0.3, -0.25) is 4.79 Å². The Morgan fingerprint density at radius 3 is 2.41 bits per heavy atom. The minimum absolute atomic E-state index is 0.0185. The topological polar surface area (TPSA) is 50.8 Å². The summed E-state index contributed by atoms with van der Waals surface area (Å²) in [4.78, 5) is 14.0. The van der Waals surface area contributed by atoms with Gasteiger partial charge in [0.1, 0.15) is 11.5 Å². The molecule has 1 aromatic carbocycles. The third-order valence-corrected chi connectivity index (χ3v) is 3.66. The second-order valence-electron chi connectivity index (χ2n) is 5.73. The Morgan fingerprint density at radius 1 is 1.23 bits per heavy atom. The second-order valence-corrected chi connectivity index (χ2v) is 5.73. The Morgan fingerprint density at radius 2 is 1.86 bits per heavy atom. The van der Waals surface area contributed by atoms with Gasteiger partial charge in [-0.25, -0.2) is 0 Å². The van der Waals surface area contributed by atoms with Crippen molar-refractivity contribution in [2.75, 3.05) is 32.2 Å². The van der Waals surface area contributed by atoms with Crippen molar-refractivity contribution < 1.29 is 14.3 Å². The van der Waals surface area contributed by atoms with Gasteiger partial charge in [0.05, 0.1) is 14.2 Å². The van der Waals surface area contributed by atoms with E-state index in [9.17, 15) is 4.79 Å². The Kier molecular flexibility index (Phi) is 5.31. The van der Waals surface area contributed by atoms with Crippen LogP contribution in [0.25, 0.3) is 0 Å². The molecule has 0 bridgehead atoms. The molecule has 0 radical (unpaired) electrons. The summed E-state index contributed by atoms with van der Waals surface area (Å²) in [5.41, 5.74) is 2.06. The number of nitrogens with zero attached hydrogens (tertiary/aromatic N) is 1. The van der Waals surface area contributed by atoms with Crippen LogP contribution in [0.4, 0.5) is 5.69 Å². The van der Waals surface area contributed by atoms with Crippen molar-refractivity contribution in [1.82, 2.24) is 5.32 Å². The molecule has 0 aromatic heterocycles. The normalized spacial score (nSPS) is 17.1. The predicted molar refractivity (Wildman–Crippen MR) is 87.7 cm³/mol. The van der Waals surface area contributed by atoms with Crippen LogP contribution in [0.3, 0.4) is 0 Å². The van der Waals surface area contributed by atoms with Gasteiger partial charge in [-0.1, -0.05) is 5.57 Å². The number of hydrogen-bond donors (Lipinski definition) is 1. The van der Waals surface area contributed by atoms with Crippen LogP contribution in [0.5, 0.6) is 11.5 Å². The molecule has 5 heteroatoms. The Bertz CT molecular complexity index is 543. The number of allylic oxidation sites excluding steroid dienone is 1. The number of amides is 1. The number of rotatable bonds is 5. The van der Waals surface area contributed by atoms with Crippen molar-refractivity contribution in [3.8, 4) is 11.5 Å². The molecule has 1 amide bonds. The lowest BCUT2D eigenvalue weighted by molar-refractivity contribution is -0.117. The van der Waals surface area contributed by atoms with Gasteiger partial charge in [-0.05, 0) is 20.3 Å². The SMILES string of the molecule is COc1cc(OC)cc(N2CCC(NC(=O)C=C(C)C)C2)c1. The van der Waals surface area contributed by atoms with Crippen LogP contribution in [-0.2, 0) is 4.79 Å². The highest BCUT2D eigenvalue weighted by molar-refractivity contribution is 5.88. The minimum atomic E-state index is -0.0185. The number of carbonyl (C=O) groups is 1. The first-order chi connectivity index (χ1) is 10.5. The van der Waals surface area contributed by atoms with Crippen LogP contribution in [-0.4, -0.2) is 39.3 Å². The van der Waals surface area contributed by atoms with Crippen LogP contribution in [0, 0.1) is 0 Å². The Balaban J connectivity index is 2.04. The number of carbonyl (C=O) groups excluding carboxylic acids is 1. The first-order valence-electron chi connectivity index (χ1n) is 7.45. The van der Waals surface area contributed by atoms with Crippen LogP contribution in [0.2, 0.25) is 0 Å². The molecule has 1 N–H and O–H groups in total. The van der Waals surface area contributed by atoms with E-state index in [0.29, 0.717) is 0 Å². The summed E-state index contributed by atoms with van der Waals surface area (Å²) in [7, 11) is 3.29. The number of anilines is 1. The zero-order valence-electron chi connectivity index (χ0n) is 13.7. The number of ether oxygens (including phenoxy) is 2. The first-order valence-corrected chi connectivity index (χ1v) is 7.45. The van der Waals surface area contributed by atoms with Gasteiger partial charge < -0.3 is 19.7 Å². The van der Waals surface area contributed by atoms with Crippen molar-refractivity contribution in [2.45, 2.75) is 26.3 Å². The molecule has 0 saturated carbocycles. The van der Waals surface area contributed by atoms with Gasteiger partial charge in [0.15, 0.2) is 0 Å². The van der Waals surface area contributed by atoms with Gasteiger partial charge in [0.2, 0.25) is 5.91 Å². The number of methoxy groups -OCH3 is 2. The second kappa shape index (κ2) is 7.20. The molecule has 1 aromatic rings. The molecule has 22 heavy (non-hydrogen) atoms. The maximum absolute atomic E-state index is 11.8. The highest BCUT2D eigenvalue weighted by atomic mass is 16.5. The fourth-order valence-electron chi connectivity index (χ4n) is 2.59. The summed E-state index contributed by atoms with van der Waals surface area (Å²) < 4.78 is 10.6. The van der Waals surface area contributed by atoms with Gasteiger partial charge in [-0.2, -0.15) is 0 Å². The smallest absolute Gasteiger partial charge is 0.244 e. The highest BCUT2D eigenvalue weighted by Crippen LogP contribution is 2.30. The fourth-order valence-corrected chi connectivity index (χ4v) is 2.59. The number of nitrogens with one attached hydrogen (secondary N) is 1. The zero-order chi connectivity index (χ0) is 16.1. The molecular weight excluding hydrogens is 280 g/mol. The molecule has 1 fully saturated rings. The molecule has 1 aliphatic heterocycles. The van der Waals surface area contributed by atoms with Crippen LogP contribution >= 0.6 is 0 Å². The van der Waals surface area contributed by atoms with E-state index in [2.05, 4.69) is 10.2 Å². The van der Waals surface area contributed by atoms with Crippen LogP contribution in [0.1, 0.15) is 20.3 Å². The van der Waals surface area contributed by atoms with Gasteiger partial charge in [0, 0.05) is 49.1 Å². The zero-order valence-corrected chi connectivity index (χ0v) is 13.7. The van der Waals surface area contributed by atoms with E-state index in [1.807, 2.05) is 32.0 Å². The molecule has 1 unspecified atom stereocenters. The fraction of sp³-hybridized carbons (Fsp3) is 0.471. The minimum Gasteiger partial charge on any atom is -0.497 e. The van der Waals surface area contributed by atoms with Crippen molar-refractivity contribution in [1.29, 1.82) is 0 Å². The Labute approximate surface area is 131 Å². The molecule has 2 rings (SSSR count). The van der Waals surface area contributed by atoms with Gasteiger partial charge in [-0.15, -0.1) is 0 Å². The van der Waals surface area contributed by atoms with E-state index in [4.69, 9.17) is 9.47 Å². The summed E-state index contributed by atoms with van der Waals surface area (Å²) in [6.07, 6.45) is 2.57. The lowest BCUT2D eigenvalue weighted by Crippen LogP contribution is -2.36. The van der Waals surface area contributed by atoms with E-state index in [0.717, 1.165) is 42.3 Å². The van der Waals surface area contributed by atoms with Crippen molar-refractivity contribution in [2.24, 2.45) is 0 Å². The maximum Gasteiger partial charge on any atom is 0.244 e. The molecular formula is C17H24N2O3. The van der Waals surface area contributed by atoms with Crippen molar-refractivity contribution >= 4 is 11.6 Å². The Hall–Kier alpha value is -2.17. The first kappa shape index (κ1) is 16.2. The lowest BCUT2D eigenvalue weighted by Gasteiger charge is -2.20. The van der Waals surface area contributed by atoms with Crippen molar-refractivity contribution in [3.05, 3.63) is 29.8 Å². The number of benzene rings is 1. The van der Waals surface area contributed by atoms with Crippen molar-refractivity contribution in [3.63, 3.8) is 0 Å². The monoisotopic (exact) mass is 304 g/mol. The molecule has 1 saturated heterocycles. The summed E-state index contributed by atoms with van der Waals surface area (Å²) in [5.74, 6) is 1.52. The molecule has 1 heterocycles. The third kappa shape index (κ3) is 4.16. The highest BCUT2D eigenvalue weighted by Gasteiger charge is 2.24. The van der Waals surface area contributed by atoms with Gasteiger partial charge >= 0.3 is 0 Å². The van der Waals surface area contributed by atoms with E-state index in [1.165, 1.54) is 0 Å². The van der Waals surface area contributed by atoms with E-state index < -0.39 is 0 Å². The molecule has 1 atom stereocenters. The summed E-state index contributed by atoms with van der Waals surface area (Å²) in [6, 6.07) is 6.00. The summed E-state index contributed by atoms with van der Waals surface area (Å²) >= 11 is 0. The molecule has 1 aliphatic rings. The summed E-state index contributed by atoms with van der Waals surface area (Å²) in [6.45, 7) is 5.53. The van der Waals surface area contributed by atoms with E-state index in [1.54, 1.807) is 20.3 Å². The standard InChI is InChI=1S/C17H24N2O3/c1-12(2)7-17(20)18-13-5-6-19(11-13)14-8-15(21-3)10-16(9-14)22-4/h7-10,13H,5-6,11H2,1-4H3,(H,18,20). The molecule has 0 aliphatic carbocycles. The van der Waals surface area contributed by atoms with E-state index in [-0.39, 0.29) is 11.9 Å². The average Bonchev–Trinajstić information content (AvgIpc) is 2.94. The largest absolute Gasteiger partial charge is 0.497 e. The molecule has 120 valence electrons. The third-order valence-electron chi connectivity index (χ3n) is 3.66. The quantitative estimate of drug-likeness (QED) is 0.849. The molecule has 5 nitrogen and oxygen atoms in total. The predicted octanol–water partition coefficient (Wildman–Crippen LogP) is 2.36. The van der Waals surface area contributed by atoms with Crippen LogP contribution < -0.4 is 19.7 Å². The van der Waals surface area contributed by atoms with E-state index >= 15 is 0 Å². The van der Waals surface area contributed by atoms with Crippen LogP contribution in [0.15, 0.2) is 29.8 Å². The maximum atomic E-state index is 11.8. The number of hydrogen-bond acceptors (Lipinski definition) is 4. The lowest BCUT2D eigenvalue weighted by atomic mass is 10.2. The summed E-state index contributed by atoms with van der Waals surface area (Å²) in [5, 5.41) is 3.05. The molecule has 0 spiro atoms.